The minimum atomic E-state index is -10.2. The summed E-state index contributed by atoms with van der Waals surface area (Å²) < 4.78 is 73.7. The standard InChI is InChI=1S/C20H23BrF5N3O2S2/c1-20(2)18(30)28(15-4-3-13(12-27)17(11-15)33(22,23,24,25)26)19(32)29(20)14-5-7-16(8-6-14)31-10-9-21/h3-4,11,14,16H,5-10H2,1-2H3. The third-order valence-electron chi connectivity index (χ3n) is 5.93. The number of thiocarbonyl (C=S) groups is 1. The Labute approximate surface area is 202 Å². The van der Waals surface area contributed by atoms with Gasteiger partial charge in [-0.3, -0.25) is 9.69 Å². The summed E-state index contributed by atoms with van der Waals surface area (Å²) in [6, 6.07) is 2.82. The first-order valence-corrected chi connectivity index (χ1v) is 13.6. The fraction of sp³-hybridized carbons (Fsp3) is 0.550. The molecule has 184 valence electrons. The van der Waals surface area contributed by atoms with Crippen molar-refractivity contribution in [2.45, 2.75) is 62.1 Å². The lowest BCUT2D eigenvalue weighted by Gasteiger charge is -2.41. The molecule has 1 saturated heterocycles. The van der Waals surface area contributed by atoms with Crippen molar-refractivity contribution in [2.24, 2.45) is 0 Å². The van der Waals surface area contributed by atoms with E-state index in [-0.39, 0.29) is 23.3 Å². The van der Waals surface area contributed by atoms with Crippen LogP contribution in [0.25, 0.3) is 0 Å². The molecule has 13 heteroatoms. The van der Waals surface area contributed by atoms with Crippen molar-refractivity contribution in [3.05, 3.63) is 23.8 Å². The van der Waals surface area contributed by atoms with Gasteiger partial charge in [0.1, 0.15) is 16.5 Å². The molecule has 0 aromatic heterocycles. The maximum absolute atomic E-state index is 13.6. The van der Waals surface area contributed by atoms with E-state index in [1.54, 1.807) is 18.7 Å². The van der Waals surface area contributed by atoms with Gasteiger partial charge in [0.15, 0.2) is 5.11 Å². The van der Waals surface area contributed by atoms with E-state index in [0.717, 1.165) is 29.9 Å². The molecule has 1 amide bonds. The van der Waals surface area contributed by atoms with Gasteiger partial charge in [-0.15, -0.1) is 0 Å². The maximum Gasteiger partial charge on any atom is 0.311 e. The topological polar surface area (TPSA) is 56.6 Å². The van der Waals surface area contributed by atoms with E-state index in [1.165, 1.54) is 0 Å². The molecule has 0 bridgehead atoms. The first kappa shape index (κ1) is 26.1. The van der Waals surface area contributed by atoms with Gasteiger partial charge in [0, 0.05) is 11.4 Å². The Morgan fingerprint density at radius 1 is 1.21 bits per heavy atom. The van der Waals surface area contributed by atoms with Gasteiger partial charge in [0.2, 0.25) is 0 Å². The Morgan fingerprint density at radius 2 is 1.82 bits per heavy atom. The molecule has 3 rings (SSSR count). The molecule has 0 atom stereocenters. The number of carbonyl (C=O) groups is 1. The predicted octanol–water partition coefficient (Wildman–Crippen LogP) is 6.65. The van der Waals surface area contributed by atoms with Gasteiger partial charge in [0.05, 0.1) is 24.0 Å². The molecule has 2 fully saturated rings. The number of nitrogens with zero attached hydrogens (tertiary/aromatic N) is 3. The predicted molar refractivity (Wildman–Crippen MR) is 124 cm³/mol. The van der Waals surface area contributed by atoms with Crippen LogP contribution in [0.4, 0.5) is 25.1 Å². The van der Waals surface area contributed by atoms with Crippen molar-refractivity contribution in [1.82, 2.24) is 4.90 Å². The average molecular weight is 576 g/mol. The van der Waals surface area contributed by atoms with Gasteiger partial charge in [-0.1, -0.05) is 35.4 Å². The molecule has 1 heterocycles. The quantitative estimate of drug-likeness (QED) is 0.216. The second-order valence-corrected chi connectivity index (χ2v) is 12.1. The van der Waals surface area contributed by atoms with Crippen molar-refractivity contribution < 1.29 is 29.0 Å². The Hall–Kier alpha value is -1.49. The molecule has 0 radical (unpaired) electrons. The van der Waals surface area contributed by atoms with Crippen molar-refractivity contribution >= 4 is 55.1 Å². The number of rotatable bonds is 6. The lowest BCUT2D eigenvalue weighted by molar-refractivity contribution is -0.124. The van der Waals surface area contributed by atoms with E-state index in [2.05, 4.69) is 15.9 Å². The number of hydrogen-bond acceptors (Lipinski definition) is 4. The second-order valence-electron chi connectivity index (χ2n) is 8.60. The lowest BCUT2D eigenvalue weighted by atomic mass is 9.89. The van der Waals surface area contributed by atoms with Crippen molar-refractivity contribution in [3.8, 4) is 6.07 Å². The summed E-state index contributed by atoms with van der Waals surface area (Å²) in [5.74, 6) is -0.622. The molecule has 1 aromatic rings. The Morgan fingerprint density at radius 3 is 2.33 bits per heavy atom. The first-order valence-electron chi connectivity index (χ1n) is 10.1. The van der Waals surface area contributed by atoms with Crippen LogP contribution >= 0.6 is 38.4 Å². The molecule has 0 N–H and O–H groups in total. The van der Waals surface area contributed by atoms with Crippen LogP contribution < -0.4 is 4.90 Å². The monoisotopic (exact) mass is 575 g/mol. The highest BCUT2D eigenvalue weighted by Gasteiger charge is 2.67. The zero-order valence-electron chi connectivity index (χ0n) is 17.9. The molecule has 0 spiro atoms. The van der Waals surface area contributed by atoms with E-state index >= 15 is 0 Å². The highest BCUT2D eigenvalue weighted by molar-refractivity contribution is 9.09. The lowest BCUT2D eigenvalue weighted by Crippen LogP contribution is -2.51. The van der Waals surface area contributed by atoms with Gasteiger partial charge >= 0.3 is 10.2 Å². The maximum atomic E-state index is 13.6. The molecule has 1 aliphatic carbocycles. The first-order chi connectivity index (χ1) is 15.0. The summed E-state index contributed by atoms with van der Waals surface area (Å²) >= 11 is 8.78. The zero-order chi connectivity index (χ0) is 24.9. The molecule has 1 aliphatic heterocycles. The SMILES string of the molecule is CC1(C)C(=O)N(c2ccc(C#N)c(S(F)(F)(F)(F)F)c2)C(=S)N1C1CCC(OCCBr)CC1. The number of carbonyl (C=O) groups excluding carboxylic acids is 1. The van der Waals surface area contributed by atoms with E-state index in [1.807, 2.05) is 0 Å². The fourth-order valence-corrected chi connectivity index (χ4v) is 6.02. The number of anilines is 1. The van der Waals surface area contributed by atoms with Crippen LogP contribution in [-0.2, 0) is 9.53 Å². The summed E-state index contributed by atoms with van der Waals surface area (Å²) in [5, 5.41) is 9.61. The van der Waals surface area contributed by atoms with Crippen molar-refractivity contribution in [1.29, 1.82) is 5.26 Å². The Balaban J connectivity index is 1.95. The normalized spacial score (nSPS) is 25.5. The fourth-order valence-electron chi connectivity index (χ4n) is 4.39. The number of benzene rings is 1. The molecule has 2 aliphatic rings. The summed E-state index contributed by atoms with van der Waals surface area (Å²) in [7, 11) is -10.2. The molecule has 5 nitrogen and oxygen atoms in total. The molecule has 0 unspecified atom stereocenters. The number of alkyl halides is 1. The number of halogens is 6. The Bertz CT molecular complexity index is 1020. The van der Waals surface area contributed by atoms with Crippen LogP contribution in [0.15, 0.2) is 23.1 Å². The van der Waals surface area contributed by atoms with Crippen molar-refractivity contribution in [2.75, 3.05) is 16.8 Å². The molecule has 33 heavy (non-hydrogen) atoms. The largest absolute Gasteiger partial charge is 0.377 e. The van der Waals surface area contributed by atoms with Crippen molar-refractivity contribution in [3.63, 3.8) is 0 Å². The van der Waals surface area contributed by atoms with E-state index in [4.69, 9.17) is 22.2 Å². The Kier molecular flexibility index (Phi) is 6.36. The highest BCUT2D eigenvalue weighted by atomic mass is 79.9. The number of ether oxygens (including phenoxy) is 1. The third-order valence-corrected chi connectivity index (χ3v) is 7.80. The molecular weight excluding hydrogens is 553 g/mol. The summed E-state index contributed by atoms with van der Waals surface area (Å²) in [4.78, 5) is 13.4. The van der Waals surface area contributed by atoms with E-state index < -0.39 is 37.8 Å². The van der Waals surface area contributed by atoms with E-state index in [9.17, 15) is 24.2 Å². The van der Waals surface area contributed by atoms with Gasteiger partial charge in [0.25, 0.3) is 5.91 Å². The molecule has 1 aromatic carbocycles. The molecule has 1 saturated carbocycles. The number of hydrogen-bond donors (Lipinski definition) is 0. The number of nitriles is 1. The van der Waals surface area contributed by atoms with Crippen LogP contribution in [0.3, 0.4) is 0 Å². The zero-order valence-corrected chi connectivity index (χ0v) is 21.1. The summed E-state index contributed by atoms with van der Waals surface area (Å²) in [5.41, 5.74) is -2.85. The molecular formula is C20H23BrF5N3O2S2. The van der Waals surface area contributed by atoms with Crippen LogP contribution in [0.1, 0.15) is 45.1 Å². The number of amides is 1. The van der Waals surface area contributed by atoms with Crippen LogP contribution in [0.5, 0.6) is 0 Å². The smallest absolute Gasteiger partial charge is 0.311 e. The highest BCUT2D eigenvalue weighted by Crippen LogP contribution is 3.02. The average Bonchev–Trinajstić information content (AvgIpc) is 2.89. The van der Waals surface area contributed by atoms with Crippen LogP contribution in [-0.4, -0.2) is 45.5 Å². The van der Waals surface area contributed by atoms with Gasteiger partial charge in [-0.2, -0.15) is 5.26 Å². The van der Waals surface area contributed by atoms with E-state index in [0.29, 0.717) is 30.8 Å². The van der Waals surface area contributed by atoms with Gasteiger partial charge < -0.3 is 9.64 Å². The summed E-state index contributed by atoms with van der Waals surface area (Å²) in [6.45, 7) is 3.77. The summed E-state index contributed by atoms with van der Waals surface area (Å²) in [6.07, 6.45) is 2.84. The minimum Gasteiger partial charge on any atom is -0.377 e. The van der Waals surface area contributed by atoms with Gasteiger partial charge in [-0.05, 0) is 69.9 Å². The minimum absolute atomic E-state index is 0.0485. The second kappa shape index (κ2) is 8.03. The third kappa shape index (κ3) is 5.13. The van der Waals surface area contributed by atoms with Crippen LogP contribution in [0.2, 0.25) is 0 Å². The van der Waals surface area contributed by atoms with Crippen LogP contribution in [0, 0.1) is 11.3 Å². The van der Waals surface area contributed by atoms with Gasteiger partial charge in [-0.25, -0.2) is 0 Å².